The maximum Gasteiger partial charge on any atom is 0.158 e. The zero-order valence-electron chi connectivity index (χ0n) is 13.5. The van der Waals surface area contributed by atoms with Gasteiger partial charge in [0.1, 0.15) is 15.6 Å². The second-order valence-electron chi connectivity index (χ2n) is 6.48. The third-order valence-corrected chi connectivity index (χ3v) is 6.61. The van der Waals surface area contributed by atoms with Crippen LogP contribution in [0, 0.1) is 22.1 Å². The normalized spacial score (nSPS) is 19.1. The maximum atomic E-state index is 14.0. The van der Waals surface area contributed by atoms with Crippen molar-refractivity contribution in [1.29, 1.82) is 16.1 Å². The number of rotatable bonds is 5. The van der Waals surface area contributed by atoms with Gasteiger partial charge in [0.2, 0.25) is 0 Å². The third-order valence-electron chi connectivity index (χ3n) is 4.40. The molecule has 0 amide bonds. The molecule has 0 bridgehead atoms. The Bertz CT molecular complexity index is 973. The number of hydrogen-bond acceptors (Lipinski definition) is 7. The van der Waals surface area contributed by atoms with Crippen LogP contribution in [-0.4, -0.2) is 30.7 Å². The zero-order valence-corrected chi connectivity index (χ0v) is 15.9. The number of thioether (sulfide) groups is 1. The average molecular weight is 409 g/mol. The van der Waals surface area contributed by atoms with Gasteiger partial charge in [-0.1, -0.05) is 23.4 Å². The zero-order chi connectivity index (χ0) is 18.5. The topological polar surface area (TPSA) is 101 Å². The Morgan fingerprint density at radius 1 is 1.38 bits per heavy atom. The number of nitriles is 1. The predicted molar refractivity (Wildman–Crippen MR) is 102 cm³/mol. The van der Waals surface area contributed by atoms with Gasteiger partial charge in [0.15, 0.2) is 11.3 Å². The first-order chi connectivity index (χ1) is 12.4. The fourth-order valence-electron chi connectivity index (χ4n) is 2.35. The van der Waals surface area contributed by atoms with Crippen molar-refractivity contribution in [3.8, 4) is 6.07 Å². The van der Waals surface area contributed by atoms with Crippen LogP contribution >= 0.6 is 35.3 Å². The molecule has 26 heavy (non-hydrogen) atoms. The van der Waals surface area contributed by atoms with Crippen molar-refractivity contribution in [2.45, 2.75) is 41.8 Å². The number of fused-ring (bicyclic) bond motifs is 1. The van der Waals surface area contributed by atoms with E-state index in [1.165, 1.54) is 18.1 Å². The summed E-state index contributed by atoms with van der Waals surface area (Å²) in [5.74, 6) is 0. The fourth-order valence-corrected chi connectivity index (χ4v) is 4.41. The molecule has 2 aromatic rings. The van der Waals surface area contributed by atoms with E-state index in [1.54, 1.807) is 16.7 Å². The minimum atomic E-state index is -1.56. The molecule has 4 rings (SSSR count). The quantitative estimate of drug-likeness (QED) is 0.391. The van der Waals surface area contributed by atoms with Crippen molar-refractivity contribution in [2.24, 2.45) is 0 Å². The lowest BCUT2D eigenvalue weighted by Gasteiger charge is -2.11. The van der Waals surface area contributed by atoms with E-state index < -0.39 is 11.2 Å². The summed E-state index contributed by atoms with van der Waals surface area (Å²) < 4.78 is 18.8. The number of hydrogen-bond donors (Lipinski definition) is 3. The summed E-state index contributed by atoms with van der Waals surface area (Å²) in [7, 11) is 0. The van der Waals surface area contributed by atoms with Gasteiger partial charge in [0.05, 0.1) is 23.0 Å². The Balaban J connectivity index is 1.58. The summed E-state index contributed by atoms with van der Waals surface area (Å²) >= 11 is 8.42. The first-order valence-electron chi connectivity index (χ1n) is 7.92. The lowest BCUT2D eigenvalue weighted by Crippen LogP contribution is -2.22. The number of nitrogens with zero attached hydrogens (tertiary/aromatic N) is 3. The van der Waals surface area contributed by atoms with Gasteiger partial charge in [-0.3, -0.25) is 15.2 Å². The Labute approximate surface area is 162 Å². The van der Waals surface area contributed by atoms with Crippen molar-refractivity contribution in [3.63, 3.8) is 0 Å². The molecule has 2 fully saturated rings. The number of nitrogens with one attached hydrogen (secondary N) is 3. The molecule has 2 aliphatic rings. The highest BCUT2D eigenvalue weighted by Crippen LogP contribution is 2.44. The summed E-state index contributed by atoms with van der Waals surface area (Å²) in [6, 6.07) is 4.01. The highest BCUT2D eigenvalue weighted by molar-refractivity contribution is 8.27. The van der Waals surface area contributed by atoms with Crippen molar-refractivity contribution in [1.82, 2.24) is 14.1 Å². The van der Waals surface area contributed by atoms with Crippen LogP contribution in [0.15, 0.2) is 23.4 Å². The molecule has 2 saturated carbocycles. The van der Waals surface area contributed by atoms with E-state index in [-0.39, 0.29) is 10.1 Å². The van der Waals surface area contributed by atoms with Crippen LogP contribution in [0.3, 0.4) is 0 Å². The lowest BCUT2D eigenvalue weighted by molar-refractivity contribution is 0.410. The van der Waals surface area contributed by atoms with Crippen LogP contribution in [0.4, 0.5) is 4.39 Å². The highest BCUT2D eigenvalue weighted by Gasteiger charge is 2.48. The molecule has 6 nitrogen and oxygen atoms in total. The molecule has 0 atom stereocenters. The first kappa shape index (κ1) is 17.8. The number of imidazole rings is 1. The molecule has 2 heterocycles. The van der Waals surface area contributed by atoms with Crippen molar-refractivity contribution in [3.05, 3.63) is 29.2 Å². The largest absolute Gasteiger partial charge is 0.295 e. The van der Waals surface area contributed by atoms with Crippen molar-refractivity contribution in [2.75, 3.05) is 0 Å². The van der Waals surface area contributed by atoms with Gasteiger partial charge in [-0.25, -0.2) is 14.1 Å². The molecule has 0 radical (unpaired) electrons. The standard InChI is InChI=1S/C16H14ClFN6S2/c17-10-5-9(26-23-15(8-19)1-2-15)7-24-11(6-22-13(10)24)12(20)25-14(21)16(18)3-4-16/h5-7,20-21,23H,1-4H2. The third kappa shape index (κ3) is 3.22. The summed E-state index contributed by atoms with van der Waals surface area (Å²) in [5.41, 5.74) is -1.09. The van der Waals surface area contributed by atoms with E-state index in [1.807, 2.05) is 0 Å². The first-order valence-corrected chi connectivity index (χ1v) is 9.94. The Morgan fingerprint density at radius 2 is 2.12 bits per heavy atom. The maximum absolute atomic E-state index is 14.0. The minimum absolute atomic E-state index is 0.0493. The van der Waals surface area contributed by atoms with E-state index in [0.29, 0.717) is 29.2 Å². The van der Waals surface area contributed by atoms with Gasteiger partial charge in [0, 0.05) is 11.1 Å². The number of aromatic nitrogens is 2. The summed E-state index contributed by atoms with van der Waals surface area (Å²) in [4.78, 5) is 5.01. The molecule has 0 saturated heterocycles. The van der Waals surface area contributed by atoms with E-state index in [2.05, 4.69) is 15.8 Å². The minimum Gasteiger partial charge on any atom is -0.295 e. The summed E-state index contributed by atoms with van der Waals surface area (Å²) in [5, 5.41) is 25.6. The highest BCUT2D eigenvalue weighted by atomic mass is 35.5. The van der Waals surface area contributed by atoms with Gasteiger partial charge >= 0.3 is 0 Å². The Morgan fingerprint density at radius 3 is 2.73 bits per heavy atom. The number of halogens is 2. The average Bonchev–Trinajstić information content (AvgIpc) is 3.51. The monoisotopic (exact) mass is 408 g/mol. The number of pyridine rings is 1. The van der Waals surface area contributed by atoms with Gasteiger partial charge < -0.3 is 0 Å². The molecule has 2 aromatic heterocycles. The Kier molecular flexibility index (Phi) is 4.27. The molecule has 10 heteroatoms. The van der Waals surface area contributed by atoms with E-state index in [4.69, 9.17) is 27.7 Å². The van der Waals surface area contributed by atoms with Gasteiger partial charge in [0.25, 0.3) is 0 Å². The van der Waals surface area contributed by atoms with E-state index in [9.17, 15) is 4.39 Å². The number of alkyl halides is 1. The Hall–Kier alpha value is -1.60. The molecule has 3 N–H and O–H groups in total. The molecular formula is C16H14ClFN6S2. The van der Waals surface area contributed by atoms with Crippen LogP contribution in [0.5, 0.6) is 0 Å². The summed E-state index contributed by atoms with van der Waals surface area (Å²) in [6.07, 6.45) is 5.60. The molecule has 0 spiro atoms. The molecule has 0 aromatic carbocycles. The lowest BCUT2D eigenvalue weighted by atomic mass is 10.3. The van der Waals surface area contributed by atoms with Crippen LogP contribution in [-0.2, 0) is 0 Å². The van der Waals surface area contributed by atoms with Crippen LogP contribution in [0.25, 0.3) is 5.65 Å². The van der Waals surface area contributed by atoms with Gasteiger partial charge in [-0.05, 0) is 43.7 Å². The van der Waals surface area contributed by atoms with E-state index in [0.717, 1.165) is 29.5 Å². The van der Waals surface area contributed by atoms with E-state index >= 15 is 0 Å². The smallest absolute Gasteiger partial charge is 0.158 e. The molecule has 0 aliphatic heterocycles. The fraction of sp³-hybridized carbons (Fsp3) is 0.375. The molecule has 0 unspecified atom stereocenters. The van der Waals surface area contributed by atoms with Gasteiger partial charge in [-0.15, -0.1) is 0 Å². The predicted octanol–water partition coefficient (Wildman–Crippen LogP) is 4.18. The van der Waals surface area contributed by atoms with Crippen LogP contribution in [0.1, 0.15) is 31.4 Å². The SMILES string of the molecule is N#CC1(NSc2cc(Cl)c3ncc(C(=N)SC(=N)C4(F)CC4)n3c2)CC1. The van der Waals surface area contributed by atoms with Crippen LogP contribution < -0.4 is 4.72 Å². The van der Waals surface area contributed by atoms with Crippen LogP contribution in [0.2, 0.25) is 5.02 Å². The van der Waals surface area contributed by atoms with Gasteiger partial charge in [-0.2, -0.15) is 5.26 Å². The summed E-state index contributed by atoms with van der Waals surface area (Å²) in [6.45, 7) is 0. The molecular weight excluding hydrogens is 395 g/mol. The molecule has 134 valence electrons. The van der Waals surface area contributed by atoms with Crippen molar-refractivity contribution < 1.29 is 4.39 Å². The van der Waals surface area contributed by atoms with Crippen molar-refractivity contribution >= 4 is 51.0 Å². The second-order valence-corrected chi connectivity index (χ2v) is 8.79. The molecule has 2 aliphatic carbocycles. The second kappa shape index (κ2) is 6.23.